The topological polar surface area (TPSA) is 128 Å². The Morgan fingerprint density at radius 1 is 0.833 bits per heavy atom. The van der Waals surface area contributed by atoms with Gasteiger partial charge in [-0.1, -0.05) is 48.5 Å². The van der Waals surface area contributed by atoms with E-state index in [1.807, 2.05) is 57.3 Å². The van der Waals surface area contributed by atoms with Gasteiger partial charge in [-0.2, -0.15) is 26.3 Å². The van der Waals surface area contributed by atoms with Crippen molar-refractivity contribution in [3.05, 3.63) is 77.4 Å². The summed E-state index contributed by atoms with van der Waals surface area (Å²) in [5.74, 6) is -5.56. The summed E-state index contributed by atoms with van der Waals surface area (Å²) in [4.78, 5) is 30.8. The molecule has 230 valence electrons. The molecule has 14 heteroatoms. The van der Waals surface area contributed by atoms with E-state index in [0.29, 0.717) is 5.56 Å². The third-order valence-corrected chi connectivity index (χ3v) is 5.54. The van der Waals surface area contributed by atoms with Gasteiger partial charge in [-0.3, -0.25) is 4.79 Å². The van der Waals surface area contributed by atoms with Crippen molar-refractivity contribution in [3.8, 4) is 0 Å². The second-order valence-electron chi connectivity index (χ2n) is 8.78. The fraction of sp³-hybridized carbons (Fsp3) is 0.321. The summed E-state index contributed by atoms with van der Waals surface area (Å²) in [5.41, 5.74) is 3.80. The first-order chi connectivity index (χ1) is 19.5. The summed E-state index contributed by atoms with van der Waals surface area (Å²) in [7, 11) is 1.95. The lowest BCUT2D eigenvalue weighted by molar-refractivity contribution is -0.193. The van der Waals surface area contributed by atoms with Crippen LogP contribution in [-0.4, -0.2) is 60.5 Å². The molecule has 1 atom stereocenters. The van der Waals surface area contributed by atoms with E-state index >= 15 is 0 Å². The number of carbonyl (C=O) groups excluding carboxylic acids is 1. The van der Waals surface area contributed by atoms with E-state index in [-0.39, 0.29) is 11.9 Å². The van der Waals surface area contributed by atoms with Crippen LogP contribution in [0.2, 0.25) is 0 Å². The minimum atomic E-state index is -5.08. The Labute approximate surface area is 237 Å². The number of rotatable bonds is 8. The monoisotopic (exact) mass is 603 g/mol. The van der Waals surface area contributed by atoms with Crippen LogP contribution >= 0.6 is 0 Å². The molecule has 0 aliphatic rings. The number of hydrogen-bond donors (Lipinski definition) is 5. The molecule has 0 spiro atoms. The second kappa shape index (κ2) is 16.2. The highest BCUT2D eigenvalue weighted by Gasteiger charge is 2.38. The summed E-state index contributed by atoms with van der Waals surface area (Å²) in [6, 6.07) is 20.4. The van der Waals surface area contributed by atoms with Crippen molar-refractivity contribution in [1.29, 1.82) is 0 Å². The maximum Gasteiger partial charge on any atom is 0.490 e. The summed E-state index contributed by atoms with van der Waals surface area (Å²) in [6.07, 6.45) is -9.13. The predicted octanol–water partition coefficient (Wildman–Crippen LogP) is 5.93. The Morgan fingerprint density at radius 2 is 1.38 bits per heavy atom. The quantitative estimate of drug-likeness (QED) is 0.160. The Morgan fingerprint density at radius 3 is 1.93 bits per heavy atom. The molecule has 0 aliphatic heterocycles. The number of aliphatic carboxylic acids is 2. The molecule has 0 aliphatic carbocycles. The molecule has 0 saturated carbocycles. The molecule has 0 heterocycles. The van der Waals surface area contributed by atoms with E-state index in [0.717, 1.165) is 36.3 Å². The Hall–Kier alpha value is -4.33. The van der Waals surface area contributed by atoms with Gasteiger partial charge in [-0.05, 0) is 67.9 Å². The smallest absolute Gasteiger partial charge is 0.475 e. The molecular formula is C28H31F6N3O5. The highest BCUT2D eigenvalue weighted by Crippen LogP contribution is 2.25. The van der Waals surface area contributed by atoms with Gasteiger partial charge in [0.2, 0.25) is 0 Å². The number of anilines is 1. The lowest BCUT2D eigenvalue weighted by atomic mass is 9.99. The van der Waals surface area contributed by atoms with Crippen molar-refractivity contribution in [2.75, 3.05) is 25.5 Å². The van der Waals surface area contributed by atoms with Crippen LogP contribution in [0, 0.1) is 6.92 Å². The minimum absolute atomic E-state index is 0.0446. The van der Waals surface area contributed by atoms with Crippen molar-refractivity contribution in [3.63, 3.8) is 0 Å². The highest BCUT2D eigenvalue weighted by molar-refractivity contribution is 5.97. The third-order valence-electron chi connectivity index (χ3n) is 5.54. The zero-order valence-electron chi connectivity index (χ0n) is 22.9. The molecule has 3 rings (SSSR count). The van der Waals surface area contributed by atoms with E-state index in [9.17, 15) is 31.1 Å². The van der Waals surface area contributed by atoms with Gasteiger partial charge in [0, 0.05) is 17.8 Å². The third kappa shape index (κ3) is 12.0. The van der Waals surface area contributed by atoms with E-state index in [2.05, 4.69) is 40.2 Å². The average Bonchev–Trinajstić information content (AvgIpc) is 2.91. The Balaban J connectivity index is 0.000000522. The van der Waals surface area contributed by atoms with Gasteiger partial charge in [-0.25, -0.2) is 9.59 Å². The number of halogens is 6. The van der Waals surface area contributed by atoms with E-state index in [4.69, 9.17) is 19.8 Å². The Kier molecular flexibility index (Phi) is 13.8. The number of nitrogens with one attached hydrogen (secondary N) is 3. The molecule has 0 radical (unpaired) electrons. The van der Waals surface area contributed by atoms with Crippen LogP contribution in [0.15, 0.2) is 60.7 Å². The fourth-order valence-electron chi connectivity index (χ4n) is 3.45. The van der Waals surface area contributed by atoms with Crippen molar-refractivity contribution < 1.29 is 50.9 Å². The van der Waals surface area contributed by atoms with Gasteiger partial charge in [0.1, 0.15) is 0 Å². The van der Waals surface area contributed by atoms with Crippen molar-refractivity contribution in [2.45, 2.75) is 38.7 Å². The normalized spacial score (nSPS) is 11.7. The standard InChI is InChI=1S/C24H29N3O.2C2HF3O2/c1-17-12-13-20(26-15-7-14-25-3)16-23(17)24(28)27-18(2)21-11-6-9-19-8-4-5-10-22(19)21;2*3-2(4,5)1(6)7/h4-6,8-13,16,18,25-26H,7,14-15H2,1-3H3,(H,27,28);2*(H,6,7)/t18-;;/m1../s1. The molecular weight excluding hydrogens is 572 g/mol. The molecule has 0 saturated heterocycles. The van der Waals surface area contributed by atoms with Gasteiger partial charge in [0.15, 0.2) is 0 Å². The average molecular weight is 604 g/mol. The first-order valence-electron chi connectivity index (χ1n) is 12.4. The number of carbonyl (C=O) groups is 3. The van der Waals surface area contributed by atoms with Crippen LogP contribution in [0.4, 0.5) is 32.0 Å². The van der Waals surface area contributed by atoms with E-state index < -0.39 is 24.3 Å². The summed E-state index contributed by atoms with van der Waals surface area (Å²) < 4.78 is 63.5. The lowest BCUT2D eigenvalue weighted by Crippen LogP contribution is -2.27. The number of benzene rings is 3. The maximum absolute atomic E-state index is 13.0. The summed E-state index contributed by atoms with van der Waals surface area (Å²) in [6.45, 7) is 5.85. The largest absolute Gasteiger partial charge is 0.490 e. The van der Waals surface area contributed by atoms with Crippen LogP contribution in [0.25, 0.3) is 10.8 Å². The number of amides is 1. The van der Waals surface area contributed by atoms with Crippen LogP contribution in [0.3, 0.4) is 0 Å². The van der Waals surface area contributed by atoms with Gasteiger partial charge in [-0.15, -0.1) is 0 Å². The molecule has 0 bridgehead atoms. The van der Waals surface area contributed by atoms with Gasteiger partial charge in [0.05, 0.1) is 6.04 Å². The minimum Gasteiger partial charge on any atom is -0.475 e. The molecule has 42 heavy (non-hydrogen) atoms. The summed E-state index contributed by atoms with van der Waals surface area (Å²) in [5, 5.41) is 26.3. The molecule has 8 nitrogen and oxygen atoms in total. The number of carboxylic acids is 2. The summed E-state index contributed by atoms with van der Waals surface area (Å²) >= 11 is 0. The molecule has 3 aromatic rings. The van der Waals surface area contributed by atoms with Crippen molar-refractivity contribution in [2.24, 2.45) is 0 Å². The zero-order valence-corrected chi connectivity index (χ0v) is 22.9. The van der Waals surface area contributed by atoms with E-state index in [1.54, 1.807) is 0 Å². The number of carboxylic acid groups (broad SMARTS) is 2. The first-order valence-corrected chi connectivity index (χ1v) is 12.4. The van der Waals surface area contributed by atoms with Crippen LogP contribution in [0.5, 0.6) is 0 Å². The van der Waals surface area contributed by atoms with E-state index in [1.165, 1.54) is 10.8 Å². The molecule has 3 aromatic carbocycles. The molecule has 0 aromatic heterocycles. The maximum atomic E-state index is 13.0. The Bertz CT molecular complexity index is 1320. The number of hydrogen-bond acceptors (Lipinski definition) is 5. The van der Waals surface area contributed by atoms with Gasteiger partial charge < -0.3 is 26.2 Å². The SMILES string of the molecule is CNCCCNc1ccc(C)c(C(=O)N[C@H](C)c2cccc3ccccc23)c1.O=C(O)C(F)(F)F.O=C(O)C(F)(F)F. The number of aryl methyl sites for hydroxylation is 1. The zero-order chi connectivity index (χ0) is 32.1. The molecule has 0 unspecified atom stereocenters. The predicted molar refractivity (Wildman–Crippen MR) is 145 cm³/mol. The van der Waals surface area contributed by atoms with Gasteiger partial charge in [0.25, 0.3) is 5.91 Å². The molecule has 1 amide bonds. The molecule has 0 fully saturated rings. The lowest BCUT2D eigenvalue weighted by Gasteiger charge is -2.18. The number of fused-ring (bicyclic) bond motifs is 1. The highest BCUT2D eigenvalue weighted by atomic mass is 19.4. The fourth-order valence-corrected chi connectivity index (χ4v) is 3.45. The number of alkyl halides is 6. The van der Waals surface area contributed by atoms with Gasteiger partial charge >= 0.3 is 24.3 Å². The molecule has 5 N–H and O–H groups in total. The van der Waals surface area contributed by atoms with Crippen molar-refractivity contribution >= 4 is 34.3 Å². The first kappa shape index (κ1) is 35.7. The second-order valence-corrected chi connectivity index (χ2v) is 8.78. The van der Waals surface area contributed by atoms with Crippen LogP contribution in [0.1, 0.15) is 40.9 Å². The van der Waals surface area contributed by atoms with Crippen LogP contribution in [-0.2, 0) is 9.59 Å². The van der Waals surface area contributed by atoms with Crippen LogP contribution < -0.4 is 16.0 Å². The van der Waals surface area contributed by atoms with Crippen molar-refractivity contribution in [1.82, 2.24) is 10.6 Å².